The first-order valence-corrected chi connectivity index (χ1v) is 23.7. The fourth-order valence-electron chi connectivity index (χ4n) is 14.6. The number of aliphatic hydroxyl groups is 9. The van der Waals surface area contributed by atoms with Crippen LogP contribution in [-0.4, -0.2) is 176 Å². The quantitative estimate of drug-likeness (QED) is 0.149. The molecular weight excluding hydrogens is 812 g/mol. The van der Waals surface area contributed by atoms with Gasteiger partial charge in [0.25, 0.3) is 0 Å². The topological polar surface area (TPSA) is 256 Å². The first-order valence-electron chi connectivity index (χ1n) is 23.7. The first kappa shape index (κ1) is 46.4. The molecule has 9 aliphatic rings. The van der Waals surface area contributed by atoms with E-state index in [9.17, 15) is 46.0 Å². The van der Waals surface area contributed by atoms with E-state index in [0.29, 0.717) is 47.8 Å². The summed E-state index contributed by atoms with van der Waals surface area (Å²) >= 11 is 0. The van der Waals surface area contributed by atoms with Crippen molar-refractivity contribution < 1.29 is 83.9 Å². The fraction of sp³-hybridized carbons (Fsp3) is 1.00. The molecule has 9 N–H and O–H groups in total. The van der Waals surface area contributed by atoms with Crippen molar-refractivity contribution in [3.8, 4) is 0 Å². The SMILES string of the molecule is CC1CCC2(OC1)OC1CC3C4CCC5CC(O[C@@H]6O[C@H](CO)[C@@H](O)[C@H](O[C@@H]7O[C@@H](C)[C@H](O)[C@@H](O)[C@H]7O)[C@H]6O[C@@H]6O[C@H](CO)[C@@H](O)[C@H](O)[C@H]6O)CCC5(C)C4CCC3(C)C1C2C. The van der Waals surface area contributed by atoms with Gasteiger partial charge in [0.2, 0.25) is 0 Å². The van der Waals surface area contributed by atoms with Crippen LogP contribution in [0.1, 0.15) is 98.8 Å². The first-order chi connectivity index (χ1) is 29.4. The largest absolute Gasteiger partial charge is 0.394 e. The van der Waals surface area contributed by atoms with E-state index in [1.165, 1.54) is 19.8 Å². The van der Waals surface area contributed by atoms with Crippen LogP contribution in [-0.2, 0) is 37.9 Å². The van der Waals surface area contributed by atoms with Crippen LogP contribution in [0.25, 0.3) is 0 Å². The number of rotatable bonds is 8. The van der Waals surface area contributed by atoms with E-state index in [4.69, 9.17) is 37.9 Å². The highest BCUT2D eigenvalue weighted by atomic mass is 16.8. The van der Waals surface area contributed by atoms with Crippen molar-refractivity contribution in [2.75, 3.05) is 19.8 Å². The molecule has 5 aliphatic heterocycles. The highest BCUT2D eigenvalue weighted by Crippen LogP contribution is 2.71. The van der Waals surface area contributed by atoms with E-state index in [-0.39, 0.29) is 23.0 Å². The molecule has 17 nitrogen and oxygen atoms in total. The second-order valence-corrected chi connectivity index (χ2v) is 21.5. The molecule has 356 valence electrons. The van der Waals surface area contributed by atoms with Gasteiger partial charge in [0, 0.05) is 12.3 Å². The van der Waals surface area contributed by atoms with Crippen LogP contribution >= 0.6 is 0 Å². The number of fused-ring (bicyclic) bond motifs is 7. The van der Waals surface area contributed by atoms with Gasteiger partial charge >= 0.3 is 0 Å². The second kappa shape index (κ2) is 17.4. The Hall–Kier alpha value is -0.680. The van der Waals surface area contributed by atoms with E-state index in [1.807, 2.05) is 0 Å². The van der Waals surface area contributed by atoms with Gasteiger partial charge in [0.1, 0.15) is 67.1 Å². The maximum Gasteiger partial charge on any atom is 0.187 e. The zero-order chi connectivity index (χ0) is 44.2. The molecule has 0 bridgehead atoms. The van der Waals surface area contributed by atoms with Gasteiger partial charge in [-0.15, -0.1) is 0 Å². The predicted molar refractivity (Wildman–Crippen MR) is 214 cm³/mol. The molecule has 9 fully saturated rings. The normalized spacial score (nSPS) is 58.9. The molecule has 62 heavy (non-hydrogen) atoms. The molecular formula is C45H74O17. The zero-order valence-corrected chi connectivity index (χ0v) is 36.8. The Bertz CT molecular complexity index is 1550. The maximum absolute atomic E-state index is 11.6. The Morgan fingerprint density at radius 2 is 1.23 bits per heavy atom. The minimum Gasteiger partial charge on any atom is -0.394 e. The lowest BCUT2D eigenvalue weighted by molar-refractivity contribution is -0.395. The summed E-state index contributed by atoms with van der Waals surface area (Å²) in [4.78, 5) is 0. The molecule has 17 heteroatoms. The molecule has 27 atom stereocenters. The molecule has 0 aromatic heterocycles. The molecule has 9 rings (SSSR count). The van der Waals surface area contributed by atoms with Gasteiger partial charge in [0.05, 0.1) is 38.1 Å². The Morgan fingerprint density at radius 3 is 1.92 bits per heavy atom. The summed E-state index contributed by atoms with van der Waals surface area (Å²) in [6.07, 6.45) is -13.0. The van der Waals surface area contributed by atoms with Gasteiger partial charge in [-0.05, 0) is 111 Å². The summed E-state index contributed by atoms with van der Waals surface area (Å²) in [5, 5.41) is 95.9. The van der Waals surface area contributed by atoms with E-state index in [2.05, 4.69) is 27.7 Å². The maximum atomic E-state index is 11.6. The summed E-state index contributed by atoms with van der Waals surface area (Å²) in [6.45, 7) is 10.5. The minimum atomic E-state index is -1.82. The second-order valence-electron chi connectivity index (χ2n) is 21.5. The van der Waals surface area contributed by atoms with Crippen molar-refractivity contribution in [3.05, 3.63) is 0 Å². The smallest absolute Gasteiger partial charge is 0.187 e. The van der Waals surface area contributed by atoms with Crippen molar-refractivity contribution in [2.24, 2.45) is 52.3 Å². The summed E-state index contributed by atoms with van der Waals surface area (Å²) in [7, 11) is 0. The number of ether oxygens (including phenoxy) is 8. The van der Waals surface area contributed by atoms with Gasteiger partial charge in [-0.2, -0.15) is 0 Å². The van der Waals surface area contributed by atoms with Crippen LogP contribution < -0.4 is 0 Å². The van der Waals surface area contributed by atoms with Crippen LogP contribution in [0.3, 0.4) is 0 Å². The number of hydrogen-bond acceptors (Lipinski definition) is 17. The van der Waals surface area contributed by atoms with Crippen LogP contribution in [0.15, 0.2) is 0 Å². The lowest BCUT2D eigenvalue weighted by atomic mass is 9.44. The Balaban J connectivity index is 0.922. The average Bonchev–Trinajstić information content (AvgIpc) is 3.70. The standard InChI is InChI=1S/C45H74O17/c1-19-8-13-45(55-18-19)20(2)30-27(62-45)15-26-24-7-6-22-14-23(9-11-43(22,4)25(24)10-12-44(26,30)5)57-42-39(61-41-37(54)35(52)32(49)28(16-46)58-41)38(33(50)29(17-47)59-42)60-40-36(53)34(51)31(48)21(3)56-40/h19-42,46-54H,6-18H2,1-5H3/t19?,20?,21-,22?,23?,24?,25?,26?,27?,28+,29+,30?,31-,32+,33+,34+,35-,36+,37+,38-,39+,40-,41-,42+,43?,44?,45?/m0/s1. The molecule has 5 heterocycles. The number of aliphatic hydroxyl groups excluding tert-OH is 9. The van der Waals surface area contributed by atoms with Crippen LogP contribution in [0.4, 0.5) is 0 Å². The lowest BCUT2D eigenvalue weighted by Crippen LogP contribution is -2.67. The van der Waals surface area contributed by atoms with Crippen LogP contribution in [0.2, 0.25) is 0 Å². The van der Waals surface area contributed by atoms with Crippen molar-refractivity contribution in [3.63, 3.8) is 0 Å². The summed E-state index contributed by atoms with van der Waals surface area (Å²) in [5.74, 6) is 3.11. The Kier molecular flexibility index (Phi) is 13.1. The third-order valence-electron chi connectivity index (χ3n) is 18.2. The van der Waals surface area contributed by atoms with Gasteiger partial charge in [-0.25, -0.2) is 0 Å². The molecule has 5 saturated heterocycles. The summed E-state index contributed by atoms with van der Waals surface area (Å²) in [5.41, 5.74) is 0.295. The minimum absolute atomic E-state index is 0.0871. The van der Waals surface area contributed by atoms with Crippen LogP contribution in [0, 0.1) is 52.3 Å². The van der Waals surface area contributed by atoms with E-state index in [1.54, 1.807) is 0 Å². The van der Waals surface area contributed by atoms with Crippen molar-refractivity contribution in [1.82, 2.24) is 0 Å². The summed E-state index contributed by atoms with van der Waals surface area (Å²) < 4.78 is 50.4. The van der Waals surface area contributed by atoms with E-state index in [0.717, 1.165) is 51.6 Å². The van der Waals surface area contributed by atoms with Gasteiger partial charge in [-0.3, -0.25) is 0 Å². The van der Waals surface area contributed by atoms with Gasteiger partial charge in [0.15, 0.2) is 24.7 Å². The zero-order valence-electron chi connectivity index (χ0n) is 36.8. The summed E-state index contributed by atoms with van der Waals surface area (Å²) in [6, 6.07) is 0. The molecule has 0 radical (unpaired) electrons. The molecule has 4 aliphatic carbocycles. The average molecular weight is 887 g/mol. The molecule has 4 saturated carbocycles. The van der Waals surface area contributed by atoms with E-state index >= 15 is 0 Å². The third-order valence-corrected chi connectivity index (χ3v) is 18.2. The molecule has 0 aromatic rings. The highest BCUT2D eigenvalue weighted by Gasteiger charge is 2.69. The van der Waals surface area contributed by atoms with Crippen molar-refractivity contribution >= 4 is 0 Å². The number of hydrogen-bond donors (Lipinski definition) is 9. The van der Waals surface area contributed by atoms with Crippen molar-refractivity contribution in [2.45, 2.75) is 209 Å². The Labute approximate surface area is 364 Å². The lowest BCUT2D eigenvalue weighted by Gasteiger charge is -2.61. The Morgan fingerprint density at radius 1 is 0.581 bits per heavy atom. The monoisotopic (exact) mass is 886 g/mol. The van der Waals surface area contributed by atoms with Gasteiger partial charge < -0.3 is 83.9 Å². The molecule has 0 aromatic carbocycles. The fourth-order valence-corrected chi connectivity index (χ4v) is 14.6. The third kappa shape index (κ3) is 7.56. The molecule has 12 unspecified atom stereocenters. The van der Waals surface area contributed by atoms with Crippen molar-refractivity contribution in [1.29, 1.82) is 0 Å². The molecule has 0 amide bonds. The van der Waals surface area contributed by atoms with E-state index < -0.39 is 111 Å². The predicted octanol–water partition coefficient (Wildman–Crippen LogP) is 0.294. The highest BCUT2D eigenvalue weighted by molar-refractivity contribution is 5.15. The van der Waals surface area contributed by atoms with Crippen LogP contribution in [0.5, 0.6) is 0 Å². The molecule has 1 spiro atoms. The van der Waals surface area contributed by atoms with Gasteiger partial charge in [-0.1, -0.05) is 27.7 Å².